The van der Waals surface area contributed by atoms with Gasteiger partial charge in [0.25, 0.3) is 10.0 Å². The molecule has 0 radical (unpaired) electrons. The highest BCUT2D eigenvalue weighted by Crippen LogP contribution is 2.30. The molecule has 1 saturated carbocycles. The molecule has 32 heavy (non-hydrogen) atoms. The second-order valence-corrected chi connectivity index (χ2v) is 9.04. The minimum atomic E-state index is -3.50. The van der Waals surface area contributed by atoms with Crippen molar-refractivity contribution in [2.24, 2.45) is 5.92 Å². The first-order valence-electron chi connectivity index (χ1n) is 10.1. The molecule has 0 aliphatic heterocycles. The molecule has 0 bridgehead atoms. The summed E-state index contributed by atoms with van der Waals surface area (Å²) < 4.78 is 26.2. The summed E-state index contributed by atoms with van der Waals surface area (Å²) in [7, 11) is -3.50. The van der Waals surface area contributed by atoms with Crippen molar-refractivity contribution >= 4 is 38.1 Å². The standard InChI is InChI=1S/C13H12N2O.C11H10N2O2S.2H2/c16-13(9-1-2-9)15-12-4-3-11-8-14-6-5-10(11)7-12;14-16(15,11-6-2-1-3-7-11)13-10-5-4-8-12-9-10;;/h3-9H,1-2H2,(H,15,16);1-9,13H;2*1H. The average Bonchev–Trinajstić information content (AvgIpc) is 3.66. The van der Waals surface area contributed by atoms with Gasteiger partial charge in [0.2, 0.25) is 5.91 Å². The SMILES string of the molecule is O=C(Nc1ccc2cnccc2c1)C1CC1.O=S(=O)(Nc1cccnc1)c1ccccc1.[HH].[HH]. The van der Waals surface area contributed by atoms with E-state index < -0.39 is 10.0 Å². The summed E-state index contributed by atoms with van der Waals surface area (Å²) >= 11 is 0. The van der Waals surface area contributed by atoms with Gasteiger partial charge in [-0.2, -0.15) is 0 Å². The van der Waals surface area contributed by atoms with Gasteiger partial charge >= 0.3 is 0 Å². The van der Waals surface area contributed by atoms with Crippen LogP contribution in [-0.4, -0.2) is 24.3 Å². The van der Waals surface area contributed by atoms with Crippen LogP contribution < -0.4 is 10.0 Å². The van der Waals surface area contributed by atoms with Crippen molar-refractivity contribution in [3.8, 4) is 0 Å². The van der Waals surface area contributed by atoms with Gasteiger partial charge in [-0.15, -0.1) is 0 Å². The molecule has 1 fully saturated rings. The summed E-state index contributed by atoms with van der Waals surface area (Å²) in [4.78, 5) is 19.7. The average molecular weight is 451 g/mol. The molecule has 2 heterocycles. The molecule has 0 atom stereocenters. The quantitative estimate of drug-likeness (QED) is 0.448. The Bertz CT molecular complexity index is 1320. The van der Waals surface area contributed by atoms with Gasteiger partial charge in [0, 0.05) is 38.4 Å². The number of hydrogen-bond donors (Lipinski definition) is 2. The van der Waals surface area contributed by atoms with E-state index in [-0.39, 0.29) is 19.6 Å². The summed E-state index contributed by atoms with van der Waals surface area (Å²) in [6, 6.07) is 19.3. The molecule has 5 rings (SSSR count). The number of amides is 1. The van der Waals surface area contributed by atoms with Crippen LogP contribution in [0.15, 0.2) is 96.4 Å². The fourth-order valence-electron chi connectivity index (χ4n) is 2.99. The maximum atomic E-state index is 11.9. The number of rotatable bonds is 5. The van der Waals surface area contributed by atoms with Gasteiger partial charge in [0.05, 0.1) is 16.8 Å². The molecule has 0 saturated heterocycles. The number of sulfonamides is 1. The molecule has 0 unspecified atom stereocenters. The smallest absolute Gasteiger partial charge is 0.261 e. The monoisotopic (exact) mass is 450 g/mol. The van der Waals surface area contributed by atoms with E-state index in [1.807, 2.05) is 30.5 Å². The molecule has 4 aromatic rings. The lowest BCUT2D eigenvalue weighted by Crippen LogP contribution is -2.12. The second-order valence-electron chi connectivity index (χ2n) is 7.36. The number of carbonyl (C=O) groups is 1. The first-order chi connectivity index (χ1) is 15.5. The first-order valence-corrected chi connectivity index (χ1v) is 11.6. The van der Waals surface area contributed by atoms with Crippen molar-refractivity contribution in [1.82, 2.24) is 9.97 Å². The predicted octanol–water partition coefficient (Wildman–Crippen LogP) is 4.96. The van der Waals surface area contributed by atoms with Crippen LogP contribution in [0.1, 0.15) is 15.7 Å². The Morgan fingerprint density at radius 2 is 1.62 bits per heavy atom. The van der Waals surface area contributed by atoms with E-state index in [9.17, 15) is 13.2 Å². The highest BCUT2D eigenvalue weighted by Gasteiger charge is 2.29. The van der Waals surface area contributed by atoms with Crippen molar-refractivity contribution in [3.05, 3.63) is 91.5 Å². The normalized spacial score (nSPS) is 13.0. The van der Waals surface area contributed by atoms with Crippen LogP contribution in [0.25, 0.3) is 10.8 Å². The van der Waals surface area contributed by atoms with Crippen LogP contribution in [0.5, 0.6) is 0 Å². The van der Waals surface area contributed by atoms with Gasteiger partial charge in [-0.3, -0.25) is 19.5 Å². The van der Waals surface area contributed by atoms with E-state index in [2.05, 4.69) is 20.0 Å². The molecular formula is C24H26N4O3S. The van der Waals surface area contributed by atoms with Crippen molar-refractivity contribution in [3.63, 3.8) is 0 Å². The van der Waals surface area contributed by atoms with Crippen LogP contribution in [0, 0.1) is 5.92 Å². The third-order valence-corrected chi connectivity index (χ3v) is 6.22. The number of benzene rings is 2. The lowest BCUT2D eigenvalue weighted by atomic mass is 10.1. The van der Waals surface area contributed by atoms with Crippen LogP contribution in [0.2, 0.25) is 0 Å². The highest BCUT2D eigenvalue weighted by atomic mass is 32.2. The highest BCUT2D eigenvalue weighted by molar-refractivity contribution is 7.92. The van der Waals surface area contributed by atoms with Crippen molar-refractivity contribution in [2.45, 2.75) is 17.7 Å². The van der Waals surface area contributed by atoms with Gasteiger partial charge in [-0.05, 0) is 60.7 Å². The molecule has 2 aromatic heterocycles. The maximum absolute atomic E-state index is 11.9. The Morgan fingerprint density at radius 1 is 0.844 bits per heavy atom. The Kier molecular flexibility index (Phi) is 6.42. The van der Waals surface area contributed by atoms with E-state index in [1.165, 1.54) is 6.20 Å². The molecule has 0 spiro atoms. The van der Waals surface area contributed by atoms with E-state index in [0.29, 0.717) is 5.69 Å². The number of aromatic nitrogens is 2. The maximum Gasteiger partial charge on any atom is 0.261 e. The van der Waals surface area contributed by atoms with E-state index in [4.69, 9.17) is 0 Å². The molecule has 1 amide bonds. The molecule has 8 heteroatoms. The van der Waals surface area contributed by atoms with Crippen molar-refractivity contribution < 1.29 is 16.1 Å². The Balaban J connectivity index is 0.000000227. The number of carbonyl (C=O) groups excluding carboxylic acids is 1. The summed E-state index contributed by atoms with van der Waals surface area (Å²) in [5, 5.41) is 5.13. The van der Waals surface area contributed by atoms with Crippen LogP contribution in [0.4, 0.5) is 11.4 Å². The number of nitrogens with zero attached hydrogens (tertiary/aromatic N) is 2. The van der Waals surface area contributed by atoms with Gasteiger partial charge in [-0.1, -0.05) is 24.3 Å². The Hall–Kier alpha value is -3.78. The van der Waals surface area contributed by atoms with Crippen LogP contribution in [0.3, 0.4) is 0 Å². The van der Waals surface area contributed by atoms with Gasteiger partial charge in [0.1, 0.15) is 0 Å². The fraction of sp³-hybridized carbons (Fsp3) is 0.125. The summed E-state index contributed by atoms with van der Waals surface area (Å²) in [6.07, 6.45) is 8.68. The second kappa shape index (κ2) is 9.57. The number of fused-ring (bicyclic) bond motifs is 1. The van der Waals surface area contributed by atoms with Gasteiger partial charge < -0.3 is 5.32 Å². The zero-order valence-corrected chi connectivity index (χ0v) is 18.0. The minimum absolute atomic E-state index is 0. The van der Waals surface area contributed by atoms with E-state index >= 15 is 0 Å². The molecule has 1 aliphatic carbocycles. The molecule has 166 valence electrons. The minimum Gasteiger partial charge on any atom is -0.326 e. The number of hydrogen-bond acceptors (Lipinski definition) is 5. The third-order valence-electron chi connectivity index (χ3n) is 4.82. The van der Waals surface area contributed by atoms with Gasteiger partial charge in [-0.25, -0.2) is 8.42 Å². The fourth-order valence-corrected chi connectivity index (χ4v) is 4.05. The van der Waals surface area contributed by atoms with Gasteiger partial charge in [0.15, 0.2) is 0 Å². The Morgan fingerprint density at radius 3 is 2.34 bits per heavy atom. The molecule has 1 aliphatic rings. The first kappa shape index (κ1) is 21.5. The van der Waals surface area contributed by atoms with E-state index in [0.717, 1.165) is 29.3 Å². The summed E-state index contributed by atoms with van der Waals surface area (Å²) in [6.45, 7) is 0. The van der Waals surface area contributed by atoms with Crippen molar-refractivity contribution in [2.75, 3.05) is 10.0 Å². The molecule has 7 nitrogen and oxygen atoms in total. The van der Waals surface area contributed by atoms with E-state index in [1.54, 1.807) is 54.9 Å². The molecule has 2 N–H and O–H groups in total. The molecule has 2 aromatic carbocycles. The topological polar surface area (TPSA) is 101 Å². The van der Waals surface area contributed by atoms with Crippen molar-refractivity contribution in [1.29, 1.82) is 0 Å². The lowest BCUT2D eigenvalue weighted by Gasteiger charge is -2.06. The molecular weight excluding hydrogens is 424 g/mol. The Labute approximate surface area is 189 Å². The third kappa shape index (κ3) is 5.67. The summed E-state index contributed by atoms with van der Waals surface area (Å²) in [5.41, 5.74) is 1.32. The van der Waals surface area contributed by atoms with Crippen LogP contribution in [-0.2, 0) is 14.8 Å². The van der Waals surface area contributed by atoms with Crippen LogP contribution >= 0.6 is 0 Å². The zero-order chi connectivity index (χ0) is 22.4. The summed E-state index contributed by atoms with van der Waals surface area (Å²) in [5.74, 6) is 0.390. The largest absolute Gasteiger partial charge is 0.326 e. The number of anilines is 2. The lowest BCUT2D eigenvalue weighted by molar-refractivity contribution is -0.117. The predicted molar refractivity (Wildman–Crippen MR) is 129 cm³/mol. The number of pyridine rings is 2. The number of nitrogens with one attached hydrogen (secondary N) is 2. The zero-order valence-electron chi connectivity index (χ0n) is 17.2.